The number of aryl methyl sites for hydroxylation is 1. The van der Waals surface area contributed by atoms with Gasteiger partial charge in [0.2, 0.25) is 0 Å². The lowest BCUT2D eigenvalue weighted by atomic mass is 10.4. The zero-order chi connectivity index (χ0) is 12.0. The van der Waals surface area contributed by atoms with Crippen molar-refractivity contribution in [3.63, 3.8) is 0 Å². The fourth-order valence-corrected chi connectivity index (χ4v) is 1.62. The zero-order valence-corrected chi connectivity index (χ0v) is 10.7. The number of rotatable bonds is 6. The minimum Gasteiger partial charge on any atom is -0.370 e. The highest BCUT2D eigenvalue weighted by Crippen LogP contribution is 2.07. The summed E-state index contributed by atoms with van der Waals surface area (Å²) in [5.41, 5.74) is 1.02. The minimum absolute atomic E-state index is 0.826. The third kappa shape index (κ3) is 3.77. The van der Waals surface area contributed by atoms with Crippen LogP contribution < -0.4 is 5.32 Å². The van der Waals surface area contributed by atoms with Crippen LogP contribution in [0.4, 0.5) is 5.82 Å². The van der Waals surface area contributed by atoms with E-state index in [0.717, 1.165) is 43.5 Å². The van der Waals surface area contributed by atoms with E-state index < -0.39 is 0 Å². The molecule has 4 heteroatoms. The topological polar surface area (TPSA) is 41.1 Å². The van der Waals surface area contributed by atoms with Gasteiger partial charge in [-0.1, -0.05) is 13.8 Å². The van der Waals surface area contributed by atoms with Crippen LogP contribution >= 0.6 is 0 Å². The molecular weight excluding hydrogens is 200 g/mol. The van der Waals surface area contributed by atoms with Crippen LogP contribution in [0, 0.1) is 6.92 Å². The largest absolute Gasteiger partial charge is 0.370 e. The fourth-order valence-electron chi connectivity index (χ4n) is 1.62. The summed E-state index contributed by atoms with van der Waals surface area (Å²) >= 11 is 0. The summed E-state index contributed by atoms with van der Waals surface area (Å²) < 4.78 is 0. The van der Waals surface area contributed by atoms with Crippen molar-refractivity contribution in [3.05, 3.63) is 17.6 Å². The van der Waals surface area contributed by atoms with Crippen LogP contribution in [-0.4, -0.2) is 34.5 Å². The summed E-state index contributed by atoms with van der Waals surface area (Å²) in [6.45, 7) is 12.2. The van der Waals surface area contributed by atoms with Gasteiger partial charge < -0.3 is 5.32 Å². The molecule has 1 N–H and O–H groups in total. The molecule has 0 unspecified atom stereocenters. The van der Waals surface area contributed by atoms with E-state index in [9.17, 15) is 0 Å². The Morgan fingerprint density at radius 2 is 1.88 bits per heavy atom. The molecule has 0 atom stereocenters. The Balaban J connectivity index is 2.78. The molecule has 0 radical (unpaired) electrons. The second kappa shape index (κ2) is 6.43. The van der Waals surface area contributed by atoms with Gasteiger partial charge in [-0.25, -0.2) is 9.97 Å². The molecule has 0 fully saturated rings. The molecule has 90 valence electrons. The first-order valence-electron chi connectivity index (χ1n) is 6.00. The van der Waals surface area contributed by atoms with Crippen LogP contribution in [0.3, 0.4) is 0 Å². The highest BCUT2D eigenvalue weighted by molar-refractivity contribution is 5.35. The predicted molar refractivity (Wildman–Crippen MR) is 67.6 cm³/mol. The SMILES string of the molecule is CCNc1cc(C)nc(CN(CC)CC)n1. The van der Waals surface area contributed by atoms with E-state index in [2.05, 4.69) is 41.0 Å². The second-order valence-corrected chi connectivity index (χ2v) is 3.80. The smallest absolute Gasteiger partial charge is 0.144 e. The highest BCUT2D eigenvalue weighted by atomic mass is 15.1. The second-order valence-electron chi connectivity index (χ2n) is 3.80. The Morgan fingerprint density at radius 1 is 1.19 bits per heavy atom. The summed E-state index contributed by atoms with van der Waals surface area (Å²) in [4.78, 5) is 11.3. The van der Waals surface area contributed by atoms with Crippen LogP contribution in [0.1, 0.15) is 32.3 Å². The number of hydrogen-bond donors (Lipinski definition) is 1. The first-order chi connectivity index (χ1) is 7.69. The van der Waals surface area contributed by atoms with E-state index in [4.69, 9.17) is 0 Å². The molecule has 1 rings (SSSR count). The third-order valence-electron chi connectivity index (χ3n) is 2.52. The fraction of sp³-hybridized carbons (Fsp3) is 0.667. The molecule has 0 aliphatic carbocycles. The van der Waals surface area contributed by atoms with Gasteiger partial charge in [0.25, 0.3) is 0 Å². The van der Waals surface area contributed by atoms with E-state index in [-0.39, 0.29) is 0 Å². The van der Waals surface area contributed by atoms with Gasteiger partial charge in [-0.2, -0.15) is 0 Å². The number of nitrogens with zero attached hydrogens (tertiary/aromatic N) is 3. The molecule has 0 spiro atoms. The van der Waals surface area contributed by atoms with Gasteiger partial charge >= 0.3 is 0 Å². The maximum atomic E-state index is 4.50. The zero-order valence-electron chi connectivity index (χ0n) is 10.7. The summed E-state index contributed by atoms with van der Waals surface area (Å²) in [7, 11) is 0. The molecule has 0 aliphatic rings. The van der Waals surface area contributed by atoms with Gasteiger partial charge in [0, 0.05) is 18.3 Å². The lowest BCUT2D eigenvalue weighted by Crippen LogP contribution is -2.23. The molecule has 1 aromatic heterocycles. The summed E-state index contributed by atoms with van der Waals surface area (Å²) in [5, 5.41) is 3.23. The van der Waals surface area contributed by atoms with Crippen LogP contribution in [0.2, 0.25) is 0 Å². The van der Waals surface area contributed by atoms with E-state index in [1.807, 2.05) is 13.0 Å². The van der Waals surface area contributed by atoms with Crippen molar-refractivity contribution in [2.75, 3.05) is 25.0 Å². The Labute approximate surface area is 98.1 Å². The Kier molecular flexibility index (Phi) is 5.19. The number of nitrogens with one attached hydrogen (secondary N) is 1. The maximum Gasteiger partial charge on any atom is 0.144 e. The molecule has 1 heterocycles. The molecule has 0 amide bonds. The van der Waals surface area contributed by atoms with Crippen molar-refractivity contribution in [1.29, 1.82) is 0 Å². The van der Waals surface area contributed by atoms with Gasteiger partial charge in [0.1, 0.15) is 11.6 Å². The van der Waals surface area contributed by atoms with E-state index in [0.29, 0.717) is 0 Å². The van der Waals surface area contributed by atoms with Crippen LogP contribution in [-0.2, 0) is 6.54 Å². The Bertz CT molecular complexity index is 321. The quantitative estimate of drug-likeness (QED) is 0.800. The number of aromatic nitrogens is 2. The molecular formula is C12H22N4. The number of hydrogen-bond acceptors (Lipinski definition) is 4. The van der Waals surface area contributed by atoms with Crippen molar-refractivity contribution in [1.82, 2.24) is 14.9 Å². The van der Waals surface area contributed by atoms with Crippen molar-refractivity contribution in [3.8, 4) is 0 Å². The molecule has 0 aromatic carbocycles. The first-order valence-corrected chi connectivity index (χ1v) is 6.00. The Morgan fingerprint density at radius 3 is 2.44 bits per heavy atom. The molecule has 16 heavy (non-hydrogen) atoms. The minimum atomic E-state index is 0.826. The Hall–Kier alpha value is -1.16. The van der Waals surface area contributed by atoms with Crippen molar-refractivity contribution in [2.45, 2.75) is 34.2 Å². The standard InChI is InChI=1S/C12H22N4/c1-5-13-11-8-10(4)14-12(15-11)9-16(6-2)7-3/h8H,5-7,9H2,1-4H3,(H,13,14,15). The lowest BCUT2D eigenvalue weighted by Gasteiger charge is -2.17. The normalized spacial score (nSPS) is 10.8. The number of anilines is 1. The van der Waals surface area contributed by atoms with Gasteiger partial charge in [-0.15, -0.1) is 0 Å². The van der Waals surface area contributed by atoms with Gasteiger partial charge in [-0.05, 0) is 26.9 Å². The molecule has 0 bridgehead atoms. The van der Waals surface area contributed by atoms with Gasteiger partial charge in [-0.3, -0.25) is 4.90 Å². The van der Waals surface area contributed by atoms with Gasteiger partial charge in [0.05, 0.1) is 6.54 Å². The van der Waals surface area contributed by atoms with Crippen LogP contribution in [0.15, 0.2) is 6.07 Å². The molecule has 1 aromatic rings. The lowest BCUT2D eigenvalue weighted by molar-refractivity contribution is 0.288. The molecule has 4 nitrogen and oxygen atoms in total. The highest BCUT2D eigenvalue weighted by Gasteiger charge is 2.05. The average Bonchev–Trinajstić information content (AvgIpc) is 2.25. The first kappa shape index (κ1) is 12.9. The van der Waals surface area contributed by atoms with Crippen LogP contribution in [0.5, 0.6) is 0 Å². The predicted octanol–water partition coefficient (Wildman–Crippen LogP) is 2.06. The van der Waals surface area contributed by atoms with E-state index in [1.54, 1.807) is 0 Å². The van der Waals surface area contributed by atoms with Crippen LogP contribution in [0.25, 0.3) is 0 Å². The van der Waals surface area contributed by atoms with Gasteiger partial charge in [0.15, 0.2) is 0 Å². The van der Waals surface area contributed by atoms with E-state index >= 15 is 0 Å². The summed E-state index contributed by atoms with van der Waals surface area (Å²) in [5.74, 6) is 1.83. The van der Waals surface area contributed by atoms with Crippen molar-refractivity contribution < 1.29 is 0 Å². The molecule has 0 saturated carbocycles. The maximum absolute atomic E-state index is 4.50. The van der Waals surface area contributed by atoms with Crippen molar-refractivity contribution >= 4 is 5.82 Å². The molecule has 0 aliphatic heterocycles. The van der Waals surface area contributed by atoms with Crippen molar-refractivity contribution in [2.24, 2.45) is 0 Å². The average molecular weight is 222 g/mol. The summed E-state index contributed by atoms with van der Waals surface area (Å²) in [6.07, 6.45) is 0. The monoisotopic (exact) mass is 222 g/mol. The third-order valence-corrected chi connectivity index (χ3v) is 2.52. The molecule has 0 saturated heterocycles. The van der Waals surface area contributed by atoms with E-state index in [1.165, 1.54) is 0 Å². The summed E-state index contributed by atoms with van der Waals surface area (Å²) in [6, 6.07) is 1.98.